The zero-order chi connectivity index (χ0) is 10.1. The molecule has 0 bridgehead atoms. The molecule has 0 saturated heterocycles. The molecule has 1 aromatic carbocycles. The van der Waals surface area contributed by atoms with Crippen LogP contribution in [0.15, 0.2) is 30.3 Å². The molecule has 0 aromatic heterocycles. The molecule has 13 heavy (non-hydrogen) atoms. The Hall–Kier alpha value is -0.563. The highest BCUT2D eigenvalue weighted by Crippen LogP contribution is 2.35. The predicted molar refractivity (Wildman–Crippen MR) is 63.3 cm³/mol. The summed E-state index contributed by atoms with van der Waals surface area (Å²) >= 11 is 0. The van der Waals surface area contributed by atoms with Crippen LogP contribution in [-0.2, 0) is 0 Å². The number of rotatable bonds is 1. The zero-order valence-corrected chi connectivity index (χ0v) is 10.4. The van der Waals surface area contributed by atoms with E-state index in [0.717, 1.165) is 0 Å². The lowest BCUT2D eigenvalue weighted by Crippen LogP contribution is -2.49. The van der Waals surface area contributed by atoms with Gasteiger partial charge in [-0.15, -0.1) is 0 Å². The Morgan fingerprint density at radius 1 is 0.923 bits per heavy atom. The Morgan fingerprint density at radius 2 is 1.38 bits per heavy atom. The summed E-state index contributed by atoms with van der Waals surface area (Å²) in [7, 11) is -1.28. The van der Waals surface area contributed by atoms with Crippen molar-refractivity contribution in [3.63, 3.8) is 0 Å². The summed E-state index contributed by atoms with van der Waals surface area (Å²) in [6, 6.07) is 10.9. The smallest absolute Gasteiger partial charge is 0.0651 e. The van der Waals surface area contributed by atoms with E-state index in [9.17, 15) is 0 Å². The van der Waals surface area contributed by atoms with Gasteiger partial charge in [-0.2, -0.15) is 0 Å². The molecule has 0 aliphatic heterocycles. The maximum atomic E-state index is 2.45. The molecule has 0 aliphatic carbocycles. The van der Waals surface area contributed by atoms with Gasteiger partial charge in [-0.25, -0.2) is 0 Å². The molecule has 0 unspecified atom stereocenters. The van der Waals surface area contributed by atoms with Crippen molar-refractivity contribution >= 4 is 13.3 Å². The van der Waals surface area contributed by atoms with E-state index in [1.54, 1.807) is 5.19 Å². The van der Waals surface area contributed by atoms with E-state index in [2.05, 4.69) is 64.2 Å². The molecule has 0 nitrogen and oxygen atoms in total. The van der Waals surface area contributed by atoms with Gasteiger partial charge in [0.15, 0.2) is 0 Å². The van der Waals surface area contributed by atoms with E-state index in [4.69, 9.17) is 0 Å². The van der Waals surface area contributed by atoms with Crippen LogP contribution in [0.25, 0.3) is 0 Å². The van der Waals surface area contributed by atoms with E-state index in [0.29, 0.717) is 5.04 Å². The van der Waals surface area contributed by atoms with Crippen LogP contribution in [0, 0.1) is 0 Å². The minimum atomic E-state index is -1.28. The minimum Gasteiger partial charge on any atom is -0.0651 e. The zero-order valence-electron chi connectivity index (χ0n) is 9.39. The fourth-order valence-electron chi connectivity index (χ4n) is 1.29. The first-order valence-electron chi connectivity index (χ1n) is 4.91. The van der Waals surface area contributed by atoms with Gasteiger partial charge in [0.2, 0.25) is 0 Å². The van der Waals surface area contributed by atoms with Gasteiger partial charge in [0.1, 0.15) is 0 Å². The van der Waals surface area contributed by atoms with Crippen molar-refractivity contribution < 1.29 is 0 Å². The fraction of sp³-hybridized carbons (Fsp3) is 0.500. The number of hydrogen-bond acceptors (Lipinski definition) is 0. The van der Waals surface area contributed by atoms with E-state index in [1.807, 2.05) is 0 Å². The Labute approximate surface area is 83.0 Å². The molecular weight excluding hydrogens is 172 g/mol. The number of benzene rings is 1. The molecule has 0 fully saturated rings. The maximum Gasteiger partial charge on any atom is 0.0859 e. The van der Waals surface area contributed by atoms with Gasteiger partial charge in [-0.05, 0) is 5.04 Å². The molecule has 1 aromatic rings. The standard InChI is InChI=1S/C12H20Si/c1-12(2,3)13(4,5)11-9-7-6-8-10-11/h6-10H,1-5H3. The molecule has 1 rings (SSSR count). The summed E-state index contributed by atoms with van der Waals surface area (Å²) in [5, 5.41) is 2.00. The summed E-state index contributed by atoms with van der Waals surface area (Å²) < 4.78 is 0. The van der Waals surface area contributed by atoms with Crippen molar-refractivity contribution in [2.45, 2.75) is 38.9 Å². The summed E-state index contributed by atoms with van der Waals surface area (Å²) in [4.78, 5) is 0. The molecule has 0 N–H and O–H groups in total. The summed E-state index contributed by atoms with van der Waals surface area (Å²) in [5.74, 6) is 0. The van der Waals surface area contributed by atoms with Crippen LogP contribution < -0.4 is 5.19 Å². The van der Waals surface area contributed by atoms with Crippen molar-refractivity contribution in [1.82, 2.24) is 0 Å². The monoisotopic (exact) mass is 192 g/mol. The summed E-state index contributed by atoms with van der Waals surface area (Å²) in [6.07, 6.45) is 0. The van der Waals surface area contributed by atoms with Crippen LogP contribution in [-0.4, -0.2) is 8.07 Å². The van der Waals surface area contributed by atoms with Crippen LogP contribution in [0.3, 0.4) is 0 Å². The predicted octanol–water partition coefficient (Wildman–Crippen LogP) is 3.40. The van der Waals surface area contributed by atoms with Crippen LogP contribution in [0.4, 0.5) is 0 Å². The third-order valence-electron chi connectivity index (χ3n) is 3.37. The molecule has 1 heteroatoms. The second-order valence-corrected chi connectivity index (χ2v) is 10.6. The largest absolute Gasteiger partial charge is 0.0859 e. The van der Waals surface area contributed by atoms with Crippen molar-refractivity contribution in [2.24, 2.45) is 0 Å². The summed E-state index contributed by atoms with van der Waals surface area (Å²) in [5.41, 5.74) is 0. The van der Waals surface area contributed by atoms with Crippen molar-refractivity contribution in [2.75, 3.05) is 0 Å². The lowest BCUT2D eigenvalue weighted by atomic mass is 10.2. The van der Waals surface area contributed by atoms with E-state index >= 15 is 0 Å². The van der Waals surface area contributed by atoms with Crippen LogP contribution in [0.2, 0.25) is 18.1 Å². The lowest BCUT2D eigenvalue weighted by molar-refractivity contribution is 0.729. The number of hydrogen-bond donors (Lipinski definition) is 0. The highest BCUT2D eigenvalue weighted by Gasteiger charge is 2.36. The van der Waals surface area contributed by atoms with Crippen molar-refractivity contribution in [3.8, 4) is 0 Å². The van der Waals surface area contributed by atoms with Gasteiger partial charge < -0.3 is 0 Å². The summed E-state index contributed by atoms with van der Waals surface area (Å²) in [6.45, 7) is 12.0. The molecule has 0 amide bonds. The van der Waals surface area contributed by atoms with E-state index in [1.165, 1.54) is 0 Å². The van der Waals surface area contributed by atoms with Gasteiger partial charge >= 0.3 is 0 Å². The van der Waals surface area contributed by atoms with Crippen LogP contribution in [0.1, 0.15) is 20.8 Å². The Balaban J connectivity index is 3.08. The first-order valence-corrected chi connectivity index (χ1v) is 7.91. The minimum absolute atomic E-state index is 0.439. The van der Waals surface area contributed by atoms with E-state index < -0.39 is 8.07 Å². The first-order chi connectivity index (χ1) is 5.86. The lowest BCUT2D eigenvalue weighted by Gasteiger charge is -2.37. The topological polar surface area (TPSA) is 0 Å². The Bertz CT molecular complexity index is 267. The highest BCUT2D eigenvalue weighted by molar-refractivity contribution is 6.92. The second kappa shape index (κ2) is 3.30. The first kappa shape index (κ1) is 10.5. The van der Waals surface area contributed by atoms with Gasteiger partial charge in [0.25, 0.3) is 0 Å². The molecule has 0 aliphatic rings. The Morgan fingerprint density at radius 3 is 1.77 bits per heavy atom. The molecule has 72 valence electrons. The van der Waals surface area contributed by atoms with Crippen LogP contribution >= 0.6 is 0 Å². The van der Waals surface area contributed by atoms with Crippen LogP contribution in [0.5, 0.6) is 0 Å². The average Bonchev–Trinajstić information content (AvgIpc) is 2.04. The van der Waals surface area contributed by atoms with Crippen molar-refractivity contribution in [1.29, 1.82) is 0 Å². The van der Waals surface area contributed by atoms with Gasteiger partial charge in [-0.1, -0.05) is 69.4 Å². The third kappa shape index (κ3) is 2.02. The quantitative estimate of drug-likeness (QED) is 0.598. The van der Waals surface area contributed by atoms with E-state index in [-0.39, 0.29) is 0 Å². The molecular formula is C12H20Si. The molecule has 0 saturated carbocycles. The molecule has 0 atom stereocenters. The Kier molecular flexibility index (Phi) is 2.67. The molecule has 0 radical (unpaired) electrons. The fourth-order valence-corrected chi connectivity index (χ4v) is 3.18. The average molecular weight is 192 g/mol. The SMILES string of the molecule is CC(C)(C)[Si](C)(C)c1ccccc1. The maximum absolute atomic E-state index is 2.45. The third-order valence-corrected chi connectivity index (χ3v) is 8.90. The normalized spacial score (nSPS) is 13.0. The van der Waals surface area contributed by atoms with Gasteiger partial charge in [-0.3, -0.25) is 0 Å². The van der Waals surface area contributed by atoms with Gasteiger partial charge in [0, 0.05) is 0 Å². The molecule has 0 spiro atoms. The highest BCUT2D eigenvalue weighted by atomic mass is 28.3. The van der Waals surface area contributed by atoms with Gasteiger partial charge in [0.05, 0.1) is 8.07 Å². The van der Waals surface area contributed by atoms with Crippen molar-refractivity contribution in [3.05, 3.63) is 30.3 Å². The second-order valence-electron chi connectivity index (χ2n) is 5.24. The molecule has 0 heterocycles.